The zero-order valence-corrected chi connectivity index (χ0v) is 19.5. The summed E-state index contributed by atoms with van der Waals surface area (Å²) < 4.78 is 3.82. The molecule has 0 bridgehead atoms. The van der Waals surface area contributed by atoms with Crippen LogP contribution in [0.15, 0.2) is 108 Å². The molecule has 0 nitrogen and oxygen atoms in total. The molecule has 7 rings (SSSR count). The standard InChI is InChI=1S/C30H17BrS/c31-28-14-6-13-26-25-12-5-11-19(29(25)32-30(26)28)18-15-16-24-22-9-2-1-7-20(22)21-8-3-4-10-23(21)27(24)17-18/h1-17H. The van der Waals surface area contributed by atoms with Crippen LogP contribution < -0.4 is 0 Å². The van der Waals surface area contributed by atoms with Gasteiger partial charge >= 0.3 is 0 Å². The lowest BCUT2D eigenvalue weighted by molar-refractivity contribution is 1.73. The van der Waals surface area contributed by atoms with E-state index in [1.54, 1.807) is 0 Å². The summed E-state index contributed by atoms with van der Waals surface area (Å²) >= 11 is 5.62. The van der Waals surface area contributed by atoms with Crippen LogP contribution in [0.25, 0.3) is 63.6 Å². The van der Waals surface area contributed by atoms with Crippen molar-refractivity contribution in [2.45, 2.75) is 0 Å². The molecule has 0 saturated carbocycles. The highest BCUT2D eigenvalue weighted by atomic mass is 79.9. The lowest BCUT2D eigenvalue weighted by Gasteiger charge is -2.12. The summed E-state index contributed by atoms with van der Waals surface area (Å²) in [6, 6.07) is 37.7. The summed E-state index contributed by atoms with van der Waals surface area (Å²) in [5, 5.41) is 10.5. The quantitative estimate of drug-likeness (QED) is 0.201. The van der Waals surface area contributed by atoms with Gasteiger partial charge in [-0.15, -0.1) is 11.3 Å². The van der Waals surface area contributed by atoms with Gasteiger partial charge in [0.1, 0.15) is 0 Å². The van der Waals surface area contributed by atoms with Crippen molar-refractivity contribution in [3.05, 3.63) is 108 Å². The minimum Gasteiger partial charge on any atom is -0.133 e. The van der Waals surface area contributed by atoms with Crippen molar-refractivity contribution in [2.75, 3.05) is 0 Å². The molecule has 0 aliphatic rings. The molecule has 1 aromatic heterocycles. The van der Waals surface area contributed by atoms with Crippen LogP contribution in [0.2, 0.25) is 0 Å². The van der Waals surface area contributed by atoms with Crippen molar-refractivity contribution < 1.29 is 0 Å². The van der Waals surface area contributed by atoms with Crippen LogP contribution in [0.3, 0.4) is 0 Å². The van der Waals surface area contributed by atoms with E-state index in [1.165, 1.54) is 63.6 Å². The van der Waals surface area contributed by atoms with Gasteiger partial charge in [0, 0.05) is 24.6 Å². The van der Waals surface area contributed by atoms with E-state index >= 15 is 0 Å². The first-order valence-electron chi connectivity index (χ1n) is 10.7. The zero-order chi connectivity index (χ0) is 21.2. The minimum atomic E-state index is 1.16. The highest BCUT2D eigenvalue weighted by Crippen LogP contribution is 2.44. The Kier molecular flexibility index (Phi) is 3.96. The lowest BCUT2D eigenvalue weighted by atomic mass is 9.92. The summed E-state index contributed by atoms with van der Waals surface area (Å²) in [6.07, 6.45) is 0. The number of fused-ring (bicyclic) bond motifs is 9. The maximum atomic E-state index is 3.75. The first kappa shape index (κ1) is 18.4. The largest absolute Gasteiger partial charge is 0.133 e. The van der Waals surface area contributed by atoms with E-state index in [0.717, 1.165) is 4.47 Å². The Morgan fingerprint density at radius 2 is 0.969 bits per heavy atom. The third-order valence-electron chi connectivity index (χ3n) is 6.53. The van der Waals surface area contributed by atoms with Gasteiger partial charge in [0.25, 0.3) is 0 Å². The second-order valence-corrected chi connectivity index (χ2v) is 10.1. The molecule has 0 N–H and O–H groups in total. The van der Waals surface area contributed by atoms with Crippen LogP contribution in [0.4, 0.5) is 0 Å². The molecule has 1 heterocycles. The monoisotopic (exact) mass is 488 g/mol. The third kappa shape index (κ3) is 2.54. The topological polar surface area (TPSA) is 0 Å². The smallest absolute Gasteiger partial charge is 0.0497 e. The van der Waals surface area contributed by atoms with Crippen molar-refractivity contribution in [1.29, 1.82) is 0 Å². The van der Waals surface area contributed by atoms with Gasteiger partial charge in [0.15, 0.2) is 0 Å². The predicted molar refractivity (Wildman–Crippen MR) is 145 cm³/mol. The molecule has 2 heteroatoms. The van der Waals surface area contributed by atoms with Gasteiger partial charge < -0.3 is 0 Å². The number of hydrogen-bond donors (Lipinski definition) is 0. The molecule has 0 amide bonds. The van der Waals surface area contributed by atoms with E-state index in [9.17, 15) is 0 Å². The summed E-state index contributed by atoms with van der Waals surface area (Å²) in [7, 11) is 0. The Hall–Kier alpha value is -3.20. The number of halogens is 1. The second kappa shape index (κ2) is 6.90. The summed E-state index contributed by atoms with van der Waals surface area (Å²) in [5.74, 6) is 0. The summed E-state index contributed by atoms with van der Waals surface area (Å²) in [5.41, 5.74) is 2.57. The zero-order valence-electron chi connectivity index (χ0n) is 17.1. The second-order valence-electron chi connectivity index (χ2n) is 8.25. The van der Waals surface area contributed by atoms with Crippen LogP contribution >= 0.6 is 27.3 Å². The summed E-state index contributed by atoms with van der Waals surface area (Å²) in [6.45, 7) is 0. The Bertz CT molecular complexity index is 1810. The molecule has 150 valence electrons. The molecule has 6 aromatic carbocycles. The fraction of sp³-hybridized carbons (Fsp3) is 0. The van der Waals surface area contributed by atoms with Crippen LogP contribution in [0.5, 0.6) is 0 Å². The SMILES string of the molecule is Brc1cccc2c1sc1c(-c3ccc4c5ccccc5c5ccccc5c4c3)cccc12. The van der Waals surface area contributed by atoms with E-state index < -0.39 is 0 Å². The van der Waals surface area contributed by atoms with Crippen LogP contribution in [-0.2, 0) is 0 Å². The van der Waals surface area contributed by atoms with Crippen LogP contribution in [0, 0.1) is 0 Å². The van der Waals surface area contributed by atoms with Crippen molar-refractivity contribution in [1.82, 2.24) is 0 Å². The van der Waals surface area contributed by atoms with Crippen LogP contribution in [-0.4, -0.2) is 0 Å². The van der Waals surface area contributed by atoms with Gasteiger partial charge in [0.05, 0.1) is 0 Å². The highest BCUT2D eigenvalue weighted by molar-refractivity contribution is 9.10. The maximum absolute atomic E-state index is 3.75. The fourth-order valence-electron chi connectivity index (χ4n) is 5.09. The van der Waals surface area contributed by atoms with E-state index in [0.29, 0.717) is 0 Å². The molecular weight excluding hydrogens is 472 g/mol. The van der Waals surface area contributed by atoms with Gasteiger partial charge in [-0.25, -0.2) is 0 Å². The van der Waals surface area contributed by atoms with Crippen molar-refractivity contribution in [3.8, 4) is 11.1 Å². The molecule has 0 aliphatic heterocycles. The molecule has 0 spiro atoms. The Balaban J connectivity index is 1.60. The van der Waals surface area contributed by atoms with Crippen molar-refractivity contribution in [3.63, 3.8) is 0 Å². The van der Waals surface area contributed by atoms with E-state index in [4.69, 9.17) is 0 Å². The fourth-order valence-corrected chi connectivity index (χ4v) is 6.94. The molecule has 32 heavy (non-hydrogen) atoms. The Morgan fingerprint density at radius 3 is 1.66 bits per heavy atom. The van der Waals surface area contributed by atoms with Crippen LogP contribution in [0.1, 0.15) is 0 Å². The number of rotatable bonds is 1. The predicted octanol–water partition coefficient (Wildman–Crippen LogP) is 9.94. The van der Waals surface area contributed by atoms with Gasteiger partial charge in [0.2, 0.25) is 0 Å². The number of hydrogen-bond acceptors (Lipinski definition) is 1. The molecule has 7 aromatic rings. The average Bonchev–Trinajstić information content (AvgIpc) is 3.24. The average molecular weight is 489 g/mol. The normalized spacial score (nSPS) is 11.9. The molecule has 0 fully saturated rings. The number of benzene rings is 6. The minimum absolute atomic E-state index is 1.16. The third-order valence-corrected chi connectivity index (χ3v) is 8.74. The Labute approximate surface area is 197 Å². The molecule has 0 atom stereocenters. The molecule has 0 saturated heterocycles. The van der Waals surface area contributed by atoms with E-state index in [-0.39, 0.29) is 0 Å². The van der Waals surface area contributed by atoms with Gasteiger partial charge in [-0.2, -0.15) is 0 Å². The van der Waals surface area contributed by atoms with E-state index in [1.807, 2.05) is 11.3 Å². The van der Waals surface area contributed by atoms with Gasteiger partial charge in [-0.1, -0.05) is 91.0 Å². The highest BCUT2D eigenvalue weighted by Gasteiger charge is 2.14. The van der Waals surface area contributed by atoms with E-state index in [2.05, 4.69) is 119 Å². The lowest BCUT2D eigenvalue weighted by Crippen LogP contribution is -1.85. The number of thiophene rings is 1. The Morgan fingerprint density at radius 1 is 0.438 bits per heavy atom. The molecule has 0 radical (unpaired) electrons. The molecular formula is C30H17BrS. The van der Waals surface area contributed by atoms with Gasteiger partial charge in [-0.3, -0.25) is 0 Å². The maximum Gasteiger partial charge on any atom is 0.0497 e. The van der Waals surface area contributed by atoms with Gasteiger partial charge in [-0.05, 0) is 71.5 Å². The summed E-state index contributed by atoms with van der Waals surface area (Å²) in [4.78, 5) is 0. The van der Waals surface area contributed by atoms with Crippen molar-refractivity contribution >= 4 is 79.8 Å². The molecule has 0 aliphatic carbocycles. The van der Waals surface area contributed by atoms with Crippen molar-refractivity contribution in [2.24, 2.45) is 0 Å². The first-order chi connectivity index (χ1) is 15.8. The first-order valence-corrected chi connectivity index (χ1v) is 12.3. The molecule has 0 unspecified atom stereocenters.